The Hall–Kier alpha value is -3.09. The van der Waals surface area contributed by atoms with Crippen molar-refractivity contribution in [3.63, 3.8) is 0 Å². The van der Waals surface area contributed by atoms with Crippen LogP contribution in [0.5, 0.6) is 11.5 Å². The number of carbonyl (C=O) groups excluding carboxylic acids is 2. The van der Waals surface area contributed by atoms with E-state index in [0.29, 0.717) is 35.5 Å². The molecule has 4 atom stereocenters. The molecule has 0 radical (unpaired) electrons. The lowest BCUT2D eigenvalue weighted by atomic mass is 9.60. The van der Waals surface area contributed by atoms with E-state index in [-0.39, 0.29) is 41.9 Å². The van der Waals surface area contributed by atoms with Crippen molar-refractivity contribution in [2.45, 2.75) is 38.0 Å². The Kier molecular flexibility index (Phi) is 4.84. The quantitative estimate of drug-likeness (QED) is 0.789. The van der Waals surface area contributed by atoms with E-state index in [2.05, 4.69) is 10.6 Å². The number of hydrogen-bond acceptors (Lipinski definition) is 4. The zero-order chi connectivity index (χ0) is 21.6. The lowest BCUT2D eigenvalue weighted by Crippen LogP contribution is -2.66. The van der Waals surface area contributed by atoms with Gasteiger partial charge in [-0.25, -0.2) is 4.39 Å². The summed E-state index contributed by atoms with van der Waals surface area (Å²) in [4.78, 5) is 25.7. The number of halogens is 1. The molecule has 0 aromatic heterocycles. The summed E-state index contributed by atoms with van der Waals surface area (Å²) in [6.45, 7) is 0.172. The molecule has 1 spiro atoms. The molecular weight excluding hydrogens is 399 g/mol. The van der Waals surface area contributed by atoms with Gasteiger partial charge < -0.3 is 20.1 Å². The van der Waals surface area contributed by atoms with Gasteiger partial charge in [-0.15, -0.1) is 0 Å². The molecule has 0 saturated heterocycles. The van der Waals surface area contributed by atoms with Crippen LogP contribution in [0.25, 0.3) is 0 Å². The first-order valence-electron chi connectivity index (χ1n) is 10.7. The molecule has 2 amide bonds. The number of fused-ring (bicyclic) bond motifs is 3. The average molecular weight is 424 g/mol. The molecule has 3 aliphatic carbocycles. The molecule has 4 aliphatic rings. The molecule has 6 nitrogen and oxygen atoms in total. The normalized spacial score (nSPS) is 28.5. The number of amides is 2. The first kappa shape index (κ1) is 19.8. The fourth-order valence-electron chi connectivity index (χ4n) is 5.39. The summed E-state index contributed by atoms with van der Waals surface area (Å²) in [6, 6.07) is 11.6. The molecule has 3 saturated carbocycles. The highest BCUT2D eigenvalue weighted by atomic mass is 19.1. The lowest BCUT2D eigenvalue weighted by Gasteiger charge is -2.55. The topological polar surface area (TPSA) is 76.7 Å². The van der Waals surface area contributed by atoms with Crippen molar-refractivity contribution in [2.24, 2.45) is 17.8 Å². The fourth-order valence-corrected chi connectivity index (χ4v) is 5.39. The molecule has 2 N–H and O–H groups in total. The highest BCUT2D eigenvalue weighted by Gasteiger charge is 2.57. The standard InChI is InChI=1S/C24H25FN2O4/c1-30-17-8-9-18-21(11-17)31-24(27-23(18)29)12-14-6-7-16(24)10-19(14)22(28)26-13-15-4-2-3-5-20(15)25/h2-5,8-9,11,14,16,19H,6-7,10,12-13H2,1H3,(H,26,28)(H,27,29)/t14-,16+,19-,24+/m1/s1. The Morgan fingerprint density at radius 3 is 2.87 bits per heavy atom. The molecule has 3 fully saturated rings. The third-order valence-corrected chi connectivity index (χ3v) is 7.02. The van der Waals surface area contributed by atoms with Crippen molar-refractivity contribution in [2.75, 3.05) is 7.11 Å². The van der Waals surface area contributed by atoms with Crippen molar-refractivity contribution in [3.05, 3.63) is 59.4 Å². The van der Waals surface area contributed by atoms with Gasteiger partial charge in [-0.1, -0.05) is 18.2 Å². The second kappa shape index (κ2) is 7.55. The van der Waals surface area contributed by atoms with Crippen LogP contribution in [-0.2, 0) is 11.3 Å². The summed E-state index contributed by atoms with van der Waals surface area (Å²) >= 11 is 0. The molecular formula is C24H25FN2O4. The Morgan fingerprint density at radius 1 is 1.29 bits per heavy atom. The van der Waals surface area contributed by atoms with Crippen molar-refractivity contribution in [1.82, 2.24) is 10.6 Å². The second-order valence-electron chi connectivity index (χ2n) is 8.70. The molecule has 1 aliphatic heterocycles. The maximum Gasteiger partial charge on any atom is 0.258 e. The number of nitrogens with one attached hydrogen (secondary N) is 2. The molecule has 2 bridgehead atoms. The van der Waals surface area contributed by atoms with Crippen molar-refractivity contribution in [3.8, 4) is 11.5 Å². The van der Waals surface area contributed by atoms with E-state index in [1.54, 1.807) is 43.5 Å². The SMILES string of the molecule is COc1ccc2c(c1)O[C@]1(C[C@H]3CC[C@H]1C[C@H]3C(=O)NCc1ccccc1F)NC2=O. The van der Waals surface area contributed by atoms with Crippen LogP contribution in [0.15, 0.2) is 42.5 Å². The summed E-state index contributed by atoms with van der Waals surface area (Å²) in [5.41, 5.74) is 0.176. The molecule has 7 heteroatoms. The monoisotopic (exact) mass is 424 g/mol. The Labute approximate surface area is 180 Å². The van der Waals surface area contributed by atoms with E-state index in [1.165, 1.54) is 6.07 Å². The number of carbonyl (C=O) groups is 2. The third kappa shape index (κ3) is 3.42. The van der Waals surface area contributed by atoms with Crippen LogP contribution in [0, 0.1) is 23.6 Å². The molecule has 2 aromatic carbocycles. The van der Waals surface area contributed by atoms with Crippen LogP contribution in [0.1, 0.15) is 41.6 Å². The van der Waals surface area contributed by atoms with Gasteiger partial charge >= 0.3 is 0 Å². The first-order chi connectivity index (χ1) is 15.0. The maximum absolute atomic E-state index is 13.9. The molecule has 2 aromatic rings. The van der Waals surface area contributed by atoms with Crippen LogP contribution in [0.3, 0.4) is 0 Å². The molecule has 162 valence electrons. The van der Waals surface area contributed by atoms with Crippen LogP contribution in [0.4, 0.5) is 4.39 Å². The summed E-state index contributed by atoms with van der Waals surface area (Å²) in [5, 5.41) is 6.00. The molecule has 6 rings (SSSR count). The number of benzene rings is 2. The summed E-state index contributed by atoms with van der Waals surface area (Å²) in [5.74, 6) is 0.589. The van der Waals surface area contributed by atoms with Crippen LogP contribution in [0.2, 0.25) is 0 Å². The smallest absolute Gasteiger partial charge is 0.258 e. The largest absolute Gasteiger partial charge is 0.497 e. The fraction of sp³-hybridized carbons (Fsp3) is 0.417. The van der Waals surface area contributed by atoms with E-state index in [9.17, 15) is 14.0 Å². The highest BCUT2D eigenvalue weighted by Crippen LogP contribution is 2.52. The van der Waals surface area contributed by atoms with Crippen molar-refractivity contribution < 1.29 is 23.5 Å². The van der Waals surface area contributed by atoms with Crippen LogP contribution >= 0.6 is 0 Å². The molecule has 31 heavy (non-hydrogen) atoms. The Bertz CT molecular complexity index is 1040. The minimum atomic E-state index is -0.790. The summed E-state index contributed by atoms with van der Waals surface area (Å²) in [6.07, 6.45) is 3.01. The predicted molar refractivity (Wildman–Crippen MR) is 111 cm³/mol. The number of rotatable bonds is 4. The average Bonchev–Trinajstić information content (AvgIpc) is 2.78. The van der Waals surface area contributed by atoms with Gasteiger partial charge in [0.05, 0.1) is 12.7 Å². The van der Waals surface area contributed by atoms with Gasteiger partial charge in [0.15, 0.2) is 5.72 Å². The van der Waals surface area contributed by atoms with E-state index < -0.39 is 5.72 Å². The van der Waals surface area contributed by atoms with Gasteiger partial charge in [0.1, 0.15) is 17.3 Å². The van der Waals surface area contributed by atoms with E-state index in [1.807, 2.05) is 0 Å². The van der Waals surface area contributed by atoms with Gasteiger partial charge in [0.2, 0.25) is 5.91 Å². The van der Waals surface area contributed by atoms with E-state index >= 15 is 0 Å². The van der Waals surface area contributed by atoms with Crippen LogP contribution < -0.4 is 20.1 Å². The maximum atomic E-state index is 13.9. The van der Waals surface area contributed by atoms with Gasteiger partial charge in [0, 0.05) is 36.4 Å². The molecule has 1 heterocycles. The zero-order valence-electron chi connectivity index (χ0n) is 17.3. The van der Waals surface area contributed by atoms with Gasteiger partial charge in [-0.05, 0) is 43.4 Å². The number of methoxy groups -OCH3 is 1. The number of hydrogen-bond donors (Lipinski definition) is 2. The van der Waals surface area contributed by atoms with Gasteiger partial charge in [-0.2, -0.15) is 0 Å². The van der Waals surface area contributed by atoms with Gasteiger partial charge in [0.25, 0.3) is 5.91 Å². The minimum absolute atomic E-state index is 0.0324. The highest BCUT2D eigenvalue weighted by molar-refractivity contribution is 5.98. The van der Waals surface area contributed by atoms with Gasteiger partial charge in [-0.3, -0.25) is 9.59 Å². The third-order valence-electron chi connectivity index (χ3n) is 7.02. The van der Waals surface area contributed by atoms with E-state index in [4.69, 9.17) is 9.47 Å². The zero-order valence-corrected chi connectivity index (χ0v) is 17.3. The second-order valence-corrected chi connectivity index (χ2v) is 8.70. The van der Waals surface area contributed by atoms with Crippen molar-refractivity contribution in [1.29, 1.82) is 0 Å². The summed E-state index contributed by atoms with van der Waals surface area (Å²) < 4.78 is 25.5. The summed E-state index contributed by atoms with van der Waals surface area (Å²) in [7, 11) is 1.58. The predicted octanol–water partition coefficient (Wildman–Crippen LogP) is 3.41. The lowest BCUT2D eigenvalue weighted by molar-refractivity contribution is -0.146. The number of ether oxygens (including phenoxy) is 2. The first-order valence-corrected chi connectivity index (χ1v) is 10.7. The van der Waals surface area contributed by atoms with E-state index in [0.717, 1.165) is 12.8 Å². The molecule has 0 unspecified atom stereocenters. The van der Waals surface area contributed by atoms with Crippen LogP contribution in [-0.4, -0.2) is 24.6 Å². The van der Waals surface area contributed by atoms with Crippen molar-refractivity contribution >= 4 is 11.8 Å². The minimum Gasteiger partial charge on any atom is -0.497 e. The Morgan fingerprint density at radius 2 is 2.13 bits per heavy atom. The Balaban J connectivity index is 1.31.